The summed E-state index contributed by atoms with van der Waals surface area (Å²) in [5, 5.41) is 22.2. The van der Waals surface area contributed by atoms with Gasteiger partial charge in [-0.1, -0.05) is 25.4 Å². The third kappa shape index (κ3) is 7.19. The number of hydrogen-bond donors (Lipinski definition) is 4. The van der Waals surface area contributed by atoms with E-state index in [1.807, 2.05) is 0 Å². The Kier molecular flexibility index (Phi) is 10.3. The first-order valence-corrected chi connectivity index (χ1v) is 14.9. The van der Waals surface area contributed by atoms with Crippen molar-refractivity contribution in [1.29, 1.82) is 0 Å². The third-order valence-electron chi connectivity index (χ3n) is 6.98. The van der Waals surface area contributed by atoms with Crippen molar-refractivity contribution >= 4 is 28.5 Å². The predicted octanol–water partition coefficient (Wildman–Crippen LogP) is 3.98. The molecule has 2 heterocycles. The Labute approximate surface area is 255 Å². The minimum atomic E-state index is -5.30. The summed E-state index contributed by atoms with van der Waals surface area (Å²) in [5.74, 6) is -0.960. The number of carbonyl (C=O) groups excluding carboxylic acids is 1. The number of carbonyl (C=O) groups is 1. The molecule has 4 N–H and O–H groups in total. The van der Waals surface area contributed by atoms with Crippen molar-refractivity contribution < 1.29 is 46.6 Å². The van der Waals surface area contributed by atoms with E-state index in [-0.39, 0.29) is 47.5 Å². The number of rotatable bonds is 11. The summed E-state index contributed by atoms with van der Waals surface area (Å²) >= 11 is 6.29. The van der Waals surface area contributed by atoms with Crippen molar-refractivity contribution in [2.75, 3.05) is 26.9 Å². The summed E-state index contributed by atoms with van der Waals surface area (Å²) in [6.45, 7) is 8.84. The van der Waals surface area contributed by atoms with Crippen molar-refractivity contribution in [2.24, 2.45) is 5.92 Å². The van der Waals surface area contributed by atoms with Gasteiger partial charge in [0, 0.05) is 11.1 Å². The zero-order valence-corrected chi connectivity index (χ0v) is 26.5. The molecule has 0 radical (unpaired) electrons. The number of fused-ring (bicyclic) bond motifs is 1. The number of benzene rings is 1. The van der Waals surface area contributed by atoms with Crippen molar-refractivity contribution in [1.82, 2.24) is 15.0 Å². The average molecular weight is 652 g/mol. The molecule has 0 saturated carbocycles. The molecule has 15 heteroatoms. The molecule has 1 aliphatic rings. The van der Waals surface area contributed by atoms with Gasteiger partial charge in [0.15, 0.2) is 22.4 Å². The van der Waals surface area contributed by atoms with Crippen LogP contribution < -0.4 is 24.2 Å². The lowest BCUT2D eigenvalue weighted by molar-refractivity contribution is -0.265. The van der Waals surface area contributed by atoms with Crippen molar-refractivity contribution in [2.45, 2.75) is 69.7 Å². The number of alkyl halides is 3. The van der Waals surface area contributed by atoms with Crippen LogP contribution in [0.5, 0.6) is 17.2 Å². The second-order valence-corrected chi connectivity index (χ2v) is 14.0. The van der Waals surface area contributed by atoms with Crippen LogP contribution in [0.3, 0.4) is 0 Å². The topological polar surface area (TPSA) is 139 Å². The van der Waals surface area contributed by atoms with E-state index >= 15 is 0 Å². The number of nitrogens with one attached hydrogen (secondary N) is 2. The Bertz CT molecular complexity index is 1370. The number of aliphatic hydroxyl groups is 2. The summed E-state index contributed by atoms with van der Waals surface area (Å²) in [7, 11) is -0.342. The van der Waals surface area contributed by atoms with E-state index in [9.17, 15) is 32.4 Å². The van der Waals surface area contributed by atoms with E-state index in [1.165, 1.54) is 32.2 Å². The number of ether oxygens (including phenoxy) is 3. The van der Waals surface area contributed by atoms with Crippen molar-refractivity contribution in [3.63, 3.8) is 0 Å². The smallest absolute Gasteiger partial charge is 0.424 e. The lowest BCUT2D eigenvalue weighted by Crippen LogP contribution is -2.53. The van der Waals surface area contributed by atoms with Crippen LogP contribution in [-0.4, -0.2) is 69.2 Å². The molecular formula is C28H37ClF3N3O7S. The maximum absolute atomic E-state index is 14.5. The minimum Gasteiger partial charge on any atom is -0.493 e. The van der Waals surface area contributed by atoms with Crippen LogP contribution >= 0.6 is 11.6 Å². The molecule has 1 amide bonds. The SMILES string of the molecule is COc1cc(C(=O)NCC(O)(c2cc3c(c(Cl)n2)OCC3(NS(=O)C(C)(C)C)C(C)C)C(F)(F)F)ccc1OC[C@@H](C)O. The first-order valence-electron chi connectivity index (χ1n) is 13.4. The van der Waals surface area contributed by atoms with Crippen LogP contribution in [0.4, 0.5) is 13.2 Å². The number of hydrogen-bond acceptors (Lipinski definition) is 8. The van der Waals surface area contributed by atoms with Crippen molar-refractivity contribution in [3.05, 3.63) is 46.2 Å². The number of amides is 1. The fourth-order valence-corrected chi connectivity index (χ4v) is 5.52. The first-order chi connectivity index (χ1) is 19.8. The lowest BCUT2D eigenvalue weighted by atomic mass is 9.81. The Morgan fingerprint density at radius 2 is 1.86 bits per heavy atom. The van der Waals surface area contributed by atoms with E-state index in [1.54, 1.807) is 34.6 Å². The molecule has 0 bridgehead atoms. The van der Waals surface area contributed by atoms with Gasteiger partial charge in [-0.25, -0.2) is 13.9 Å². The van der Waals surface area contributed by atoms with Crippen LogP contribution in [0.25, 0.3) is 0 Å². The molecule has 43 heavy (non-hydrogen) atoms. The highest BCUT2D eigenvalue weighted by Crippen LogP contribution is 2.48. The van der Waals surface area contributed by atoms with Gasteiger partial charge in [0.1, 0.15) is 13.2 Å². The number of aromatic nitrogens is 1. The molecule has 1 aromatic carbocycles. The van der Waals surface area contributed by atoms with Gasteiger partial charge in [-0.05, 0) is 57.9 Å². The molecule has 240 valence electrons. The van der Waals surface area contributed by atoms with E-state index < -0.39 is 62.5 Å². The van der Waals surface area contributed by atoms with Crippen LogP contribution in [0.15, 0.2) is 24.3 Å². The quantitative estimate of drug-likeness (QED) is 0.268. The molecule has 0 fully saturated rings. The molecule has 3 unspecified atom stereocenters. The molecule has 0 aliphatic carbocycles. The Hall–Kier alpha value is -2.65. The van der Waals surface area contributed by atoms with Crippen LogP contribution in [0, 0.1) is 5.92 Å². The molecular weight excluding hydrogens is 615 g/mol. The summed E-state index contributed by atoms with van der Waals surface area (Å²) in [5.41, 5.74) is -5.69. The number of pyridine rings is 1. The zero-order chi connectivity index (χ0) is 32.5. The number of aliphatic hydroxyl groups excluding tert-OH is 1. The molecule has 10 nitrogen and oxygen atoms in total. The maximum Gasteiger partial charge on any atom is 0.424 e. The second-order valence-electron chi connectivity index (χ2n) is 11.6. The van der Waals surface area contributed by atoms with Gasteiger partial charge in [-0.3, -0.25) is 4.79 Å². The largest absolute Gasteiger partial charge is 0.493 e. The molecule has 0 saturated heterocycles. The van der Waals surface area contributed by atoms with Crippen LogP contribution in [0.1, 0.15) is 63.2 Å². The van der Waals surface area contributed by atoms with E-state index in [0.29, 0.717) is 0 Å². The van der Waals surface area contributed by atoms with E-state index in [4.69, 9.17) is 25.8 Å². The molecule has 1 aliphatic heterocycles. The summed E-state index contributed by atoms with van der Waals surface area (Å²) in [4.78, 5) is 16.7. The van der Waals surface area contributed by atoms with Gasteiger partial charge in [-0.15, -0.1) is 0 Å². The fraction of sp³-hybridized carbons (Fsp3) is 0.571. The lowest BCUT2D eigenvalue weighted by Gasteiger charge is -2.36. The highest BCUT2D eigenvalue weighted by atomic mass is 35.5. The molecule has 3 rings (SSSR count). The highest BCUT2D eigenvalue weighted by Gasteiger charge is 2.58. The number of methoxy groups -OCH3 is 1. The fourth-order valence-electron chi connectivity index (χ4n) is 4.23. The van der Waals surface area contributed by atoms with Crippen molar-refractivity contribution in [3.8, 4) is 17.2 Å². The molecule has 2 aromatic rings. The number of nitrogens with zero attached hydrogens (tertiary/aromatic N) is 1. The highest BCUT2D eigenvalue weighted by molar-refractivity contribution is 7.84. The van der Waals surface area contributed by atoms with Gasteiger partial charge < -0.3 is 29.7 Å². The van der Waals surface area contributed by atoms with Gasteiger partial charge in [0.05, 0.1) is 46.7 Å². The first kappa shape index (κ1) is 34.8. The Balaban J connectivity index is 1.99. The maximum atomic E-state index is 14.5. The Morgan fingerprint density at radius 1 is 1.21 bits per heavy atom. The number of halogens is 4. The predicted molar refractivity (Wildman–Crippen MR) is 155 cm³/mol. The monoisotopic (exact) mass is 651 g/mol. The van der Waals surface area contributed by atoms with Gasteiger partial charge in [0.2, 0.25) is 5.60 Å². The average Bonchev–Trinajstić information content (AvgIpc) is 3.29. The second kappa shape index (κ2) is 12.8. The third-order valence-corrected chi connectivity index (χ3v) is 8.89. The van der Waals surface area contributed by atoms with Gasteiger partial charge in [-0.2, -0.15) is 13.2 Å². The Morgan fingerprint density at radius 3 is 2.40 bits per heavy atom. The molecule has 4 atom stereocenters. The standard InChI is InChI=1S/C28H37ClF3N3O7S/c1-15(2)26(35-43(39)25(4,5)6)14-42-22-18(26)11-21(34-23(22)29)27(38,28(30,31)32)13-33-24(37)17-8-9-19(20(10-17)40-7)41-12-16(3)36/h8-11,15-16,35-36,38H,12-14H2,1-7H3,(H,33,37)/t16-,26?,27?,43?/m1/s1. The van der Waals surface area contributed by atoms with E-state index in [0.717, 1.165) is 6.07 Å². The summed E-state index contributed by atoms with van der Waals surface area (Å²) in [6.07, 6.45) is -6.08. The summed E-state index contributed by atoms with van der Waals surface area (Å²) < 4.78 is 75.3. The minimum absolute atomic E-state index is 0.0103. The zero-order valence-electron chi connectivity index (χ0n) is 24.9. The molecule has 0 spiro atoms. The summed E-state index contributed by atoms with van der Waals surface area (Å²) in [6, 6.07) is 4.94. The normalized spacial score (nSPS) is 19.7. The van der Waals surface area contributed by atoms with Crippen LogP contribution in [0.2, 0.25) is 5.15 Å². The van der Waals surface area contributed by atoms with E-state index in [2.05, 4.69) is 15.0 Å². The van der Waals surface area contributed by atoms with Crippen LogP contribution in [-0.2, 0) is 22.1 Å². The molecule has 1 aromatic heterocycles. The van der Waals surface area contributed by atoms with Gasteiger partial charge in [0.25, 0.3) is 5.91 Å². The van der Waals surface area contributed by atoms with Gasteiger partial charge >= 0.3 is 6.18 Å².